The molecule has 2 unspecified atom stereocenters. The van der Waals surface area contributed by atoms with Crippen LogP contribution in [0.4, 0.5) is 10.5 Å². The fourth-order valence-corrected chi connectivity index (χ4v) is 11.4. The average molecular weight is 921 g/mol. The summed E-state index contributed by atoms with van der Waals surface area (Å²) in [7, 11) is -7.38. The van der Waals surface area contributed by atoms with Crippen LogP contribution >= 0.6 is 0 Å². The van der Waals surface area contributed by atoms with E-state index in [1.807, 2.05) is 42.5 Å². The fraction of sp³-hybridized carbons (Fsp3) is 0.455. The molecule has 3 N–H and O–H groups in total. The van der Waals surface area contributed by atoms with E-state index < -0.39 is 106 Å². The molecule has 0 radical (unpaired) electrons. The largest absolute Gasteiger partial charge is 0.444 e. The summed E-state index contributed by atoms with van der Waals surface area (Å²) >= 11 is 0. The van der Waals surface area contributed by atoms with Gasteiger partial charge >= 0.3 is 6.09 Å². The first-order valence-corrected chi connectivity index (χ1v) is 24.0. The average Bonchev–Trinajstić information content (AvgIpc) is 4.18. The standard InChI is InChI=1S/C44H52N6O12S2/c1-42(2,3)62-41(54)45-34-27-48(64(59,60)37-17-11-10-16-35(37)50(55)56)24-12-6-9-15-32-25-44(32,40(53)47-63(57,58)33-22-23-33)46-38(51)36-26-43(61-4,28-49(36)39(34)52)31-20-18-30(19-21-31)29-13-7-5-8-14-29/h5,7-11,13-21,32-34,36H,6,12,22-28H2,1-4H3,(H,45,54)(H,46,51)(H,47,53)/t32?,34?,36-,43-,44+/m0/s1. The number of nitrogens with one attached hydrogen (secondary N) is 3. The molecule has 2 saturated carbocycles. The van der Waals surface area contributed by atoms with E-state index in [2.05, 4.69) is 15.4 Å². The van der Waals surface area contributed by atoms with Gasteiger partial charge in [-0.1, -0.05) is 78.9 Å². The summed E-state index contributed by atoms with van der Waals surface area (Å²) in [5.41, 5.74) is -2.47. The maximum atomic E-state index is 15.3. The number of sulfonamides is 2. The number of hydrogen-bond donors (Lipinski definition) is 3. The maximum absolute atomic E-state index is 15.3. The predicted octanol–water partition coefficient (Wildman–Crippen LogP) is 4.12. The van der Waals surface area contributed by atoms with E-state index in [1.165, 1.54) is 19.2 Å². The van der Waals surface area contributed by atoms with Gasteiger partial charge in [0.2, 0.25) is 31.9 Å². The molecular weight excluding hydrogens is 869 g/mol. The maximum Gasteiger partial charge on any atom is 0.408 e. The van der Waals surface area contributed by atoms with Crippen molar-refractivity contribution in [1.29, 1.82) is 0 Å². The molecule has 4 aliphatic rings. The first-order chi connectivity index (χ1) is 30.2. The van der Waals surface area contributed by atoms with E-state index in [9.17, 15) is 41.3 Å². The monoisotopic (exact) mass is 920 g/mol. The van der Waals surface area contributed by atoms with Gasteiger partial charge in [-0.3, -0.25) is 29.2 Å². The number of ether oxygens (including phenoxy) is 2. The lowest BCUT2D eigenvalue weighted by Gasteiger charge is -2.33. The van der Waals surface area contributed by atoms with Gasteiger partial charge in [-0.2, -0.15) is 4.31 Å². The molecule has 2 aliphatic heterocycles. The summed E-state index contributed by atoms with van der Waals surface area (Å²) in [5.74, 6) is -3.35. The molecule has 18 nitrogen and oxygen atoms in total. The Morgan fingerprint density at radius 2 is 1.58 bits per heavy atom. The van der Waals surface area contributed by atoms with Crippen molar-refractivity contribution in [2.45, 2.75) is 98.3 Å². The van der Waals surface area contributed by atoms with Gasteiger partial charge in [0.05, 0.1) is 16.7 Å². The van der Waals surface area contributed by atoms with Gasteiger partial charge in [-0.05, 0) is 75.6 Å². The molecule has 0 aromatic heterocycles. The van der Waals surface area contributed by atoms with E-state index in [-0.39, 0.29) is 38.8 Å². The van der Waals surface area contributed by atoms with Crippen LogP contribution in [-0.4, -0.2) is 110 Å². The van der Waals surface area contributed by atoms with E-state index in [1.54, 1.807) is 45.1 Å². The quantitative estimate of drug-likeness (QED) is 0.148. The van der Waals surface area contributed by atoms with Crippen molar-refractivity contribution < 1.29 is 50.4 Å². The molecule has 20 heteroatoms. The second-order valence-electron chi connectivity index (χ2n) is 17.6. The first kappa shape index (κ1) is 46.3. The van der Waals surface area contributed by atoms with Crippen molar-refractivity contribution in [3.8, 4) is 11.1 Å². The Kier molecular flexibility index (Phi) is 12.8. The minimum atomic E-state index is -4.76. The number of methoxy groups -OCH3 is 1. The van der Waals surface area contributed by atoms with Crippen molar-refractivity contribution in [1.82, 2.24) is 24.6 Å². The molecule has 0 spiro atoms. The highest BCUT2D eigenvalue weighted by molar-refractivity contribution is 7.91. The van der Waals surface area contributed by atoms with Crippen molar-refractivity contribution in [3.63, 3.8) is 0 Å². The number of amides is 4. The minimum absolute atomic E-state index is 0.0271. The highest BCUT2D eigenvalue weighted by Gasteiger charge is 2.63. The highest BCUT2D eigenvalue weighted by atomic mass is 32.2. The van der Waals surface area contributed by atoms with Gasteiger partial charge in [-0.25, -0.2) is 21.6 Å². The lowest BCUT2D eigenvalue weighted by Crippen LogP contribution is -2.60. The Hall–Kier alpha value is -5.70. The molecule has 3 aromatic rings. The van der Waals surface area contributed by atoms with Crippen molar-refractivity contribution >= 4 is 49.5 Å². The van der Waals surface area contributed by atoms with Crippen LogP contribution in [-0.2, 0) is 49.5 Å². The van der Waals surface area contributed by atoms with Crippen LogP contribution in [0, 0.1) is 16.0 Å². The third kappa shape index (κ3) is 9.69. The number of alkyl carbamates (subject to hydrolysis) is 1. The van der Waals surface area contributed by atoms with Gasteiger partial charge in [0.25, 0.3) is 11.6 Å². The Morgan fingerprint density at radius 3 is 2.22 bits per heavy atom. The number of para-hydroxylation sites is 1. The van der Waals surface area contributed by atoms with Crippen molar-refractivity contribution in [3.05, 3.63) is 107 Å². The molecule has 3 aromatic carbocycles. The van der Waals surface area contributed by atoms with E-state index in [4.69, 9.17) is 9.47 Å². The first-order valence-electron chi connectivity index (χ1n) is 21.0. The van der Waals surface area contributed by atoms with Crippen LogP contribution < -0.4 is 15.4 Å². The number of carbonyl (C=O) groups excluding carboxylic acids is 4. The molecule has 2 heterocycles. The topological polar surface area (TPSA) is 241 Å². The molecule has 3 fully saturated rings. The van der Waals surface area contributed by atoms with Crippen LogP contribution in [0.25, 0.3) is 11.1 Å². The fourth-order valence-electron chi connectivity index (χ4n) is 8.34. The molecule has 342 valence electrons. The lowest BCUT2D eigenvalue weighted by atomic mass is 9.89. The van der Waals surface area contributed by atoms with Crippen molar-refractivity contribution in [2.24, 2.45) is 5.92 Å². The van der Waals surface area contributed by atoms with Crippen LogP contribution in [0.15, 0.2) is 95.9 Å². The number of rotatable bonds is 10. The van der Waals surface area contributed by atoms with Gasteiger partial charge < -0.3 is 25.0 Å². The molecule has 0 bridgehead atoms. The number of benzene rings is 3. The molecule has 1 saturated heterocycles. The Morgan fingerprint density at radius 1 is 0.922 bits per heavy atom. The number of fused-ring (bicyclic) bond motifs is 2. The SMILES string of the molecule is CO[C@@]1(c2ccc(-c3ccccc3)cc2)C[C@H]2C(=O)N[C@]3(C(=O)NS(=O)(=O)C4CC4)CC3C=CCCCN(S(=O)(=O)c3ccccc3[N+](=O)[O-])CC(NC(=O)OC(C)(C)C)C(=O)N2C1. The number of nitrogens with zero attached hydrogens (tertiary/aromatic N) is 3. The lowest BCUT2D eigenvalue weighted by molar-refractivity contribution is -0.387. The smallest absolute Gasteiger partial charge is 0.408 e. The van der Waals surface area contributed by atoms with Gasteiger partial charge in [0, 0.05) is 38.6 Å². The zero-order valence-corrected chi connectivity index (χ0v) is 37.5. The second kappa shape index (κ2) is 17.7. The van der Waals surface area contributed by atoms with Crippen LogP contribution in [0.3, 0.4) is 0 Å². The number of allylic oxidation sites excluding steroid dienone is 1. The zero-order chi connectivity index (χ0) is 46.2. The Bertz CT molecular complexity index is 2560. The summed E-state index contributed by atoms with van der Waals surface area (Å²) < 4.78 is 69.9. The number of nitro groups is 1. The van der Waals surface area contributed by atoms with Crippen LogP contribution in [0.2, 0.25) is 0 Å². The summed E-state index contributed by atoms with van der Waals surface area (Å²) in [4.78, 5) is 69.4. The van der Waals surface area contributed by atoms with E-state index in [0.29, 0.717) is 18.4 Å². The molecule has 64 heavy (non-hydrogen) atoms. The van der Waals surface area contributed by atoms with Crippen LogP contribution in [0.5, 0.6) is 0 Å². The molecule has 2 aliphatic carbocycles. The normalized spacial score (nSPS) is 25.8. The third-order valence-electron chi connectivity index (χ3n) is 12.0. The summed E-state index contributed by atoms with van der Waals surface area (Å²) in [6.45, 7) is 3.45. The van der Waals surface area contributed by atoms with Gasteiger partial charge in [0.15, 0.2) is 4.90 Å². The second-order valence-corrected chi connectivity index (χ2v) is 21.5. The summed E-state index contributed by atoms with van der Waals surface area (Å²) in [5, 5.41) is 16.7. The highest BCUT2D eigenvalue weighted by Crippen LogP contribution is 2.47. The number of nitro benzene ring substituents is 1. The predicted molar refractivity (Wildman–Crippen MR) is 233 cm³/mol. The van der Waals surface area contributed by atoms with Gasteiger partial charge in [0.1, 0.15) is 28.8 Å². The third-order valence-corrected chi connectivity index (χ3v) is 15.7. The van der Waals surface area contributed by atoms with E-state index in [0.717, 1.165) is 32.5 Å². The zero-order valence-electron chi connectivity index (χ0n) is 35.9. The summed E-state index contributed by atoms with van der Waals surface area (Å²) in [6.07, 6.45) is 3.18. The number of hydrogen-bond acceptors (Lipinski definition) is 12. The Balaban J connectivity index is 1.33. The number of carbonyl (C=O) groups is 4. The molecule has 4 amide bonds. The van der Waals surface area contributed by atoms with E-state index >= 15 is 4.79 Å². The Labute approximate surface area is 372 Å². The molecule has 5 atom stereocenters. The van der Waals surface area contributed by atoms with Crippen molar-refractivity contribution in [2.75, 3.05) is 26.7 Å². The van der Waals surface area contributed by atoms with Gasteiger partial charge in [-0.15, -0.1) is 0 Å². The summed E-state index contributed by atoms with van der Waals surface area (Å²) in [6, 6.07) is 18.5. The molecular formula is C44H52N6O12S2. The minimum Gasteiger partial charge on any atom is -0.444 e. The molecule has 7 rings (SSSR count). The van der Waals surface area contributed by atoms with Crippen LogP contribution in [0.1, 0.15) is 64.9 Å².